The lowest BCUT2D eigenvalue weighted by atomic mass is 10.1. The van der Waals surface area contributed by atoms with Gasteiger partial charge < -0.3 is 9.64 Å². The Kier molecular flexibility index (Phi) is 4.72. The lowest BCUT2D eigenvalue weighted by molar-refractivity contribution is -0.129. The van der Waals surface area contributed by atoms with Gasteiger partial charge in [0.05, 0.1) is 17.1 Å². The van der Waals surface area contributed by atoms with Crippen molar-refractivity contribution in [1.82, 2.24) is 24.6 Å². The van der Waals surface area contributed by atoms with Gasteiger partial charge in [0, 0.05) is 44.4 Å². The van der Waals surface area contributed by atoms with Crippen molar-refractivity contribution in [3.8, 4) is 22.6 Å². The van der Waals surface area contributed by atoms with E-state index in [1.807, 2.05) is 42.6 Å². The van der Waals surface area contributed by atoms with Crippen molar-refractivity contribution in [3.05, 3.63) is 67.4 Å². The van der Waals surface area contributed by atoms with E-state index in [1.54, 1.807) is 48.5 Å². The molecule has 4 rings (SSSR count). The highest BCUT2D eigenvalue weighted by molar-refractivity contribution is 5.84. The number of aromatic nitrogens is 4. The number of hydrogen-bond acceptors (Lipinski definition) is 5. The molecule has 0 saturated heterocycles. The fraction of sp³-hybridized carbons (Fsp3) is 0.143. The van der Waals surface area contributed by atoms with Crippen molar-refractivity contribution in [2.24, 2.45) is 0 Å². The van der Waals surface area contributed by atoms with Gasteiger partial charge in [0.1, 0.15) is 18.0 Å². The van der Waals surface area contributed by atoms with Gasteiger partial charge in [-0.2, -0.15) is 5.10 Å². The second-order valence-electron chi connectivity index (χ2n) is 6.54. The molecule has 0 aliphatic carbocycles. The predicted octanol–water partition coefficient (Wildman–Crippen LogP) is 3.37. The molecule has 0 aliphatic rings. The van der Waals surface area contributed by atoms with Crippen LogP contribution in [-0.2, 0) is 11.3 Å². The number of amides is 1. The maximum Gasteiger partial charge on any atom is 0.243 e. The smallest absolute Gasteiger partial charge is 0.243 e. The summed E-state index contributed by atoms with van der Waals surface area (Å²) >= 11 is 0. The molecule has 0 saturated carbocycles. The minimum atomic E-state index is -0.00235. The van der Waals surface area contributed by atoms with E-state index in [0.717, 1.165) is 27.8 Å². The van der Waals surface area contributed by atoms with E-state index in [0.29, 0.717) is 5.75 Å². The van der Waals surface area contributed by atoms with Gasteiger partial charge in [-0.05, 0) is 29.8 Å². The average Bonchev–Trinajstić information content (AvgIpc) is 3.17. The molecule has 1 amide bonds. The molecule has 0 aliphatic heterocycles. The molecule has 7 nitrogen and oxygen atoms in total. The van der Waals surface area contributed by atoms with E-state index in [2.05, 4.69) is 15.1 Å². The number of carbonyl (C=O) groups is 1. The van der Waals surface area contributed by atoms with Crippen LogP contribution in [0.2, 0.25) is 0 Å². The van der Waals surface area contributed by atoms with Gasteiger partial charge in [-0.3, -0.25) is 19.4 Å². The number of hydrogen-bond donors (Lipinski definition) is 0. The first-order valence-electron chi connectivity index (χ1n) is 8.80. The zero-order valence-electron chi connectivity index (χ0n) is 15.6. The van der Waals surface area contributed by atoms with Gasteiger partial charge in [-0.25, -0.2) is 0 Å². The number of likely N-dealkylation sites (N-methyl/N-ethyl adjacent to an activating group) is 1. The van der Waals surface area contributed by atoms with Crippen LogP contribution in [0.25, 0.3) is 22.0 Å². The molecule has 0 fully saturated rings. The van der Waals surface area contributed by atoms with Crippen molar-refractivity contribution < 1.29 is 9.53 Å². The standard InChI is InChI=1S/C21H19N5O2/c1-25(2)21(27)14-26-13-16(11-24-26)15-3-5-17(6-4-15)28-20-8-10-23-19-7-9-22-12-18(19)20/h3-13H,14H2,1-2H3. The normalized spacial score (nSPS) is 10.8. The minimum Gasteiger partial charge on any atom is -0.457 e. The number of fused-ring (bicyclic) bond motifs is 1. The van der Waals surface area contributed by atoms with Crippen molar-refractivity contribution in [1.29, 1.82) is 0 Å². The Morgan fingerprint density at radius 3 is 2.64 bits per heavy atom. The van der Waals surface area contributed by atoms with Crippen molar-refractivity contribution >= 4 is 16.8 Å². The number of carbonyl (C=O) groups excluding carboxylic acids is 1. The Balaban J connectivity index is 1.51. The first-order chi connectivity index (χ1) is 13.6. The molecule has 28 heavy (non-hydrogen) atoms. The Labute approximate surface area is 162 Å². The van der Waals surface area contributed by atoms with Crippen LogP contribution < -0.4 is 4.74 Å². The molecule has 0 N–H and O–H groups in total. The van der Waals surface area contributed by atoms with Crippen molar-refractivity contribution in [2.45, 2.75) is 6.54 Å². The van der Waals surface area contributed by atoms with Gasteiger partial charge in [0.15, 0.2) is 0 Å². The fourth-order valence-electron chi connectivity index (χ4n) is 2.78. The third kappa shape index (κ3) is 3.68. The van der Waals surface area contributed by atoms with E-state index in [1.165, 1.54) is 0 Å². The van der Waals surface area contributed by atoms with Gasteiger partial charge in [0.25, 0.3) is 0 Å². The topological polar surface area (TPSA) is 73.1 Å². The van der Waals surface area contributed by atoms with E-state index >= 15 is 0 Å². The molecular weight excluding hydrogens is 354 g/mol. The zero-order chi connectivity index (χ0) is 19.5. The molecule has 3 aromatic heterocycles. The molecule has 0 radical (unpaired) electrons. The van der Waals surface area contributed by atoms with E-state index in [4.69, 9.17) is 4.74 Å². The largest absolute Gasteiger partial charge is 0.457 e. The SMILES string of the molecule is CN(C)C(=O)Cn1cc(-c2ccc(Oc3ccnc4ccncc34)cc2)cn1. The second kappa shape index (κ2) is 7.48. The maximum atomic E-state index is 11.8. The van der Waals surface area contributed by atoms with E-state index in [-0.39, 0.29) is 12.5 Å². The molecule has 140 valence electrons. The fourth-order valence-corrected chi connectivity index (χ4v) is 2.78. The summed E-state index contributed by atoms with van der Waals surface area (Å²) in [6.07, 6.45) is 8.78. The summed E-state index contributed by atoms with van der Waals surface area (Å²) in [5.74, 6) is 1.42. The highest BCUT2D eigenvalue weighted by Crippen LogP contribution is 2.29. The third-order valence-corrected chi connectivity index (χ3v) is 4.35. The summed E-state index contributed by atoms with van der Waals surface area (Å²) < 4.78 is 7.65. The van der Waals surface area contributed by atoms with Crippen LogP contribution >= 0.6 is 0 Å². The van der Waals surface area contributed by atoms with Gasteiger partial charge in [-0.15, -0.1) is 0 Å². The summed E-state index contributed by atoms with van der Waals surface area (Å²) in [6.45, 7) is 0.220. The Hall–Kier alpha value is -3.74. The van der Waals surface area contributed by atoms with Gasteiger partial charge in [0.2, 0.25) is 5.91 Å². The van der Waals surface area contributed by atoms with Crippen LogP contribution in [0.1, 0.15) is 0 Å². The summed E-state index contributed by atoms with van der Waals surface area (Å²) in [5.41, 5.74) is 2.78. The summed E-state index contributed by atoms with van der Waals surface area (Å²) in [5, 5.41) is 5.13. The first-order valence-corrected chi connectivity index (χ1v) is 8.80. The highest BCUT2D eigenvalue weighted by Gasteiger charge is 2.09. The van der Waals surface area contributed by atoms with E-state index < -0.39 is 0 Å². The Morgan fingerprint density at radius 1 is 1.04 bits per heavy atom. The lowest BCUT2D eigenvalue weighted by Crippen LogP contribution is -2.26. The van der Waals surface area contributed by atoms with Crippen LogP contribution in [0.5, 0.6) is 11.5 Å². The van der Waals surface area contributed by atoms with Gasteiger partial charge >= 0.3 is 0 Å². The number of nitrogens with zero attached hydrogens (tertiary/aromatic N) is 5. The summed E-state index contributed by atoms with van der Waals surface area (Å²) in [7, 11) is 3.46. The molecule has 0 unspecified atom stereocenters. The van der Waals surface area contributed by atoms with E-state index in [9.17, 15) is 4.79 Å². The molecule has 7 heteroatoms. The molecule has 0 atom stereocenters. The summed E-state index contributed by atoms with van der Waals surface area (Å²) in [6, 6.07) is 11.4. The monoisotopic (exact) mass is 373 g/mol. The highest BCUT2D eigenvalue weighted by atomic mass is 16.5. The molecule has 0 bridgehead atoms. The van der Waals surface area contributed by atoms with Crippen LogP contribution in [0, 0.1) is 0 Å². The Bertz CT molecular complexity index is 1110. The first kappa shape index (κ1) is 17.7. The van der Waals surface area contributed by atoms with Crippen LogP contribution in [0.4, 0.5) is 0 Å². The maximum absolute atomic E-state index is 11.8. The molecular formula is C21H19N5O2. The third-order valence-electron chi connectivity index (χ3n) is 4.35. The van der Waals surface area contributed by atoms with Crippen LogP contribution in [-0.4, -0.2) is 44.7 Å². The molecule has 4 aromatic rings. The Morgan fingerprint density at radius 2 is 1.86 bits per heavy atom. The quantitative estimate of drug-likeness (QED) is 0.536. The predicted molar refractivity (Wildman–Crippen MR) is 106 cm³/mol. The molecule has 3 heterocycles. The van der Waals surface area contributed by atoms with Crippen LogP contribution in [0.3, 0.4) is 0 Å². The molecule has 0 spiro atoms. The van der Waals surface area contributed by atoms with Crippen molar-refractivity contribution in [2.75, 3.05) is 14.1 Å². The minimum absolute atomic E-state index is 0.00235. The summed E-state index contributed by atoms with van der Waals surface area (Å²) in [4.78, 5) is 21.8. The van der Waals surface area contributed by atoms with Crippen molar-refractivity contribution in [3.63, 3.8) is 0 Å². The molecule has 1 aromatic carbocycles. The zero-order valence-corrected chi connectivity index (χ0v) is 15.6. The number of benzene rings is 1. The van der Waals surface area contributed by atoms with Crippen LogP contribution in [0.15, 0.2) is 67.4 Å². The average molecular weight is 373 g/mol. The number of ether oxygens (including phenoxy) is 1. The van der Waals surface area contributed by atoms with Gasteiger partial charge in [-0.1, -0.05) is 12.1 Å². The lowest BCUT2D eigenvalue weighted by Gasteiger charge is -2.09. The second-order valence-corrected chi connectivity index (χ2v) is 6.54. The number of rotatable bonds is 5. The number of pyridine rings is 2.